The number of aliphatic hydroxyl groups is 2. The summed E-state index contributed by atoms with van der Waals surface area (Å²) >= 11 is 0.765. The van der Waals surface area contributed by atoms with Crippen molar-refractivity contribution >= 4 is 65.5 Å². The molecule has 6 rings (SSSR count). The van der Waals surface area contributed by atoms with Gasteiger partial charge in [-0.1, -0.05) is 37.6 Å². The Bertz CT molecular complexity index is 2590. The second-order valence-corrected chi connectivity index (χ2v) is 21.8. The lowest BCUT2D eigenvalue weighted by Gasteiger charge is -2.45. The minimum Gasteiger partial charge on any atom is -0.427 e. The Labute approximate surface area is 365 Å². The Kier molecular flexibility index (Phi) is 14.2. The number of allylic oxidation sites excluding steroid dienone is 6. The lowest BCUT2D eigenvalue weighted by atomic mass is 9.65. The molecule has 2 fully saturated rings. The van der Waals surface area contributed by atoms with Gasteiger partial charge in [-0.15, -0.1) is 0 Å². The summed E-state index contributed by atoms with van der Waals surface area (Å²) in [5.74, 6) is -2.43. The summed E-state index contributed by atoms with van der Waals surface area (Å²) in [6, 6.07) is 9.13. The second-order valence-electron chi connectivity index (χ2n) is 16.6. The first-order valence-electron chi connectivity index (χ1n) is 19.8. The number of aliphatic hydroxyl groups excluding tert-OH is 2. The SMILES string of the molecule is CC(=O)OC(C=CC=C1CCCC2(C)C1=[N+](CC(O)CS(=O)(=O)O)c1ccc(SOO)cc12)=CC=CC1CCCC2(C)c3cc(S(=O)(=O)O)ccc3N(CC(O)CS(=O)(=O)O)C12. The fourth-order valence-corrected chi connectivity index (χ4v) is 12.0. The number of benzene rings is 2. The van der Waals surface area contributed by atoms with E-state index < -0.39 is 76.9 Å². The van der Waals surface area contributed by atoms with E-state index >= 15 is 0 Å². The molecular formula is C41H51N2O15S4+. The maximum atomic E-state index is 12.3. The highest BCUT2D eigenvalue weighted by molar-refractivity contribution is 7.94. The highest BCUT2D eigenvalue weighted by Gasteiger charge is 2.54. The first-order valence-corrected chi connectivity index (χ1v) is 25.2. The third-order valence-corrected chi connectivity index (χ3v) is 15.1. The number of nitrogens with zero attached hydrogens (tertiary/aromatic N) is 2. The number of hydrogen-bond donors (Lipinski definition) is 6. The van der Waals surface area contributed by atoms with E-state index in [1.165, 1.54) is 25.1 Å². The number of β-amino-alcohol motifs (C(OH)–C–C–N with tert-alkyl or cyclic N) is 2. The van der Waals surface area contributed by atoms with Crippen LogP contribution in [0.3, 0.4) is 0 Å². The lowest BCUT2D eigenvalue weighted by Crippen LogP contribution is -2.52. The molecule has 4 aliphatic rings. The molecule has 2 aromatic carbocycles. The zero-order valence-electron chi connectivity index (χ0n) is 34.2. The summed E-state index contributed by atoms with van der Waals surface area (Å²) < 4.78 is 112. The monoisotopic (exact) mass is 939 g/mol. The molecule has 0 amide bonds. The van der Waals surface area contributed by atoms with Crippen molar-refractivity contribution < 1.29 is 72.8 Å². The van der Waals surface area contributed by atoms with Gasteiger partial charge in [0.25, 0.3) is 30.4 Å². The summed E-state index contributed by atoms with van der Waals surface area (Å²) in [7, 11) is -13.6. The van der Waals surface area contributed by atoms with Gasteiger partial charge in [0, 0.05) is 52.7 Å². The summed E-state index contributed by atoms with van der Waals surface area (Å²) in [4.78, 5) is 14.4. The normalized spacial score (nSPS) is 25.9. The van der Waals surface area contributed by atoms with Crippen molar-refractivity contribution in [2.75, 3.05) is 29.5 Å². The number of fused-ring (bicyclic) bond motifs is 6. The van der Waals surface area contributed by atoms with E-state index in [0.717, 1.165) is 41.0 Å². The molecule has 2 heterocycles. The minimum atomic E-state index is -4.56. The van der Waals surface area contributed by atoms with Crippen molar-refractivity contribution in [2.45, 2.75) is 98.2 Å². The minimum absolute atomic E-state index is 0.143. The zero-order valence-corrected chi connectivity index (χ0v) is 37.5. The molecule has 2 aliphatic carbocycles. The summed E-state index contributed by atoms with van der Waals surface area (Å²) in [5.41, 5.74) is 3.15. The Hall–Kier alpha value is -3.74. The van der Waals surface area contributed by atoms with Crippen molar-refractivity contribution in [1.82, 2.24) is 0 Å². The number of esters is 1. The van der Waals surface area contributed by atoms with Gasteiger partial charge in [-0.05, 0) is 93.0 Å². The van der Waals surface area contributed by atoms with Crippen molar-refractivity contribution in [3.63, 3.8) is 0 Å². The van der Waals surface area contributed by atoms with Gasteiger partial charge in [0.1, 0.15) is 23.4 Å². The molecular weight excluding hydrogens is 889 g/mol. The van der Waals surface area contributed by atoms with Crippen LogP contribution in [0.25, 0.3) is 0 Å². The van der Waals surface area contributed by atoms with Gasteiger partial charge in [0.05, 0.1) is 28.5 Å². The van der Waals surface area contributed by atoms with Crippen LogP contribution in [-0.4, -0.2) is 113 Å². The van der Waals surface area contributed by atoms with Gasteiger partial charge in [-0.25, -0.2) is 5.26 Å². The smallest absolute Gasteiger partial charge is 0.308 e. The number of carbonyl (C=O) groups excluding carboxylic acids is 1. The first-order chi connectivity index (χ1) is 28.9. The largest absolute Gasteiger partial charge is 0.427 e. The molecule has 2 aliphatic heterocycles. The van der Waals surface area contributed by atoms with Crippen LogP contribution in [0.2, 0.25) is 0 Å². The van der Waals surface area contributed by atoms with Crippen molar-refractivity contribution in [1.29, 1.82) is 0 Å². The Balaban J connectivity index is 1.33. The average molecular weight is 940 g/mol. The standard InChI is InChI=1S/C41H50N2O15S4/c1-26(44)57-31(12-4-8-27-10-6-18-40(2)34-20-32(59-58-47)14-16-36(34)42(38(27)40)22-29(45)24-60(48,49)50)13-5-9-28-11-7-19-41(3)35-21-33(62(54,55)56)15-17-37(35)43(39(28)41)23-30(46)25-61(51,52)53/h4-5,8-9,12-17,20-21,28-30,39,45-46H,6-7,10-11,18-19,22-25H2,1-3H3,(H3-,47,48,49,50,51,52,53,54,55,56)/p+1. The average Bonchev–Trinajstić information content (AvgIpc) is 3.54. The maximum absolute atomic E-state index is 12.3. The molecule has 6 atom stereocenters. The third kappa shape index (κ3) is 10.6. The predicted molar refractivity (Wildman–Crippen MR) is 230 cm³/mol. The molecule has 0 aromatic heterocycles. The summed E-state index contributed by atoms with van der Waals surface area (Å²) in [6.07, 6.45) is 11.5. The van der Waals surface area contributed by atoms with E-state index in [2.05, 4.69) is 4.33 Å². The van der Waals surface area contributed by atoms with Gasteiger partial charge >= 0.3 is 5.97 Å². The lowest BCUT2D eigenvalue weighted by molar-refractivity contribution is -0.449. The van der Waals surface area contributed by atoms with Crippen LogP contribution in [0.4, 0.5) is 11.4 Å². The third-order valence-electron chi connectivity index (χ3n) is 12.1. The van der Waals surface area contributed by atoms with Crippen LogP contribution in [0.1, 0.15) is 70.4 Å². The van der Waals surface area contributed by atoms with E-state index in [0.29, 0.717) is 48.3 Å². The summed E-state index contributed by atoms with van der Waals surface area (Å²) in [5, 5.41) is 30.7. The number of carbonyl (C=O) groups is 1. The molecule has 2 saturated carbocycles. The fraction of sp³-hybridized carbons (Fsp3) is 0.463. The van der Waals surface area contributed by atoms with Crippen molar-refractivity contribution in [2.24, 2.45) is 5.92 Å². The molecule has 6 unspecified atom stereocenters. The number of ether oxygens (including phenoxy) is 1. The van der Waals surface area contributed by atoms with Gasteiger partial charge in [0.15, 0.2) is 12.3 Å². The van der Waals surface area contributed by atoms with Gasteiger partial charge in [0.2, 0.25) is 5.69 Å². The van der Waals surface area contributed by atoms with E-state index in [1.54, 1.807) is 36.4 Å². The van der Waals surface area contributed by atoms with Crippen LogP contribution >= 0.6 is 12.0 Å². The molecule has 21 heteroatoms. The molecule has 338 valence electrons. The Morgan fingerprint density at radius 2 is 1.66 bits per heavy atom. The van der Waals surface area contributed by atoms with Crippen LogP contribution in [0, 0.1) is 5.92 Å². The molecule has 0 radical (unpaired) electrons. The van der Waals surface area contributed by atoms with Crippen molar-refractivity contribution in [3.05, 3.63) is 95.3 Å². The Morgan fingerprint density at radius 3 is 2.32 bits per heavy atom. The van der Waals surface area contributed by atoms with Crippen LogP contribution < -0.4 is 4.90 Å². The van der Waals surface area contributed by atoms with E-state index in [1.807, 2.05) is 41.5 Å². The van der Waals surface area contributed by atoms with Gasteiger partial charge in [-0.3, -0.25) is 18.5 Å². The molecule has 6 N–H and O–H groups in total. The molecule has 62 heavy (non-hydrogen) atoms. The molecule has 17 nitrogen and oxygen atoms in total. The van der Waals surface area contributed by atoms with Crippen molar-refractivity contribution in [3.8, 4) is 0 Å². The zero-order chi connectivity index (χ0) is 45.4. The Morgan fingerprint density at radius 1 is 0.952 bits per heavy atom. The molecule has 0 bridgehead atoms. The quantitative estimate of drug-likeness (QED) is 0.0191. The molecule has 2 aromatic rings. The molecule has 0 saturated heterocycles. The van der Waals surface area contributed by atoms with Gasteiger partial charge in [-0.2, -0.15) is 34.2 Å². The summed E-state index contributed by atoms with van der Waals surface area (Å²) in [6.45, 7) is 4.90. The predicted octanol–water partition coefficient (Wildman–Crippen LogP) is 4.90. The van der Waals surface area contributed by atoms with E-state index in [-0.39, 0.29) is 29.7 Å². The highest BCUT2D eigenvalue weighted by Crippen LogP contribution is 2.55. The van der Waals surface area contributed by atoms with E-state index in [4.69, 9.17) is 9.99 Å². The van der Waals surface area contributed by atoms with Crippen LogP contribution in [-0.2, 0) is 55.0 Å². The molecule has 0 spiro atoms. The number of rotatable bonds is 16. The second kappa shape index (κ2) is 18.4. The number of anilines is 1. The highest BCUT2D eigenvalue weighted by atomic mass is 32.2. The topological polar surface area (TPSA) is 266 Å². The van der Waals surface area contributed by atoms with Crippen LogP contribution in [0.15, 0.2) is 94.0 Å². The van der Waals surface area contributed by atoms with Gasteiger partial charge < -0.3 is 19.8 Å². The number of hydrogen-bond acceptors (Lipinski definition) is 14. The van der Waals surface area contributed by atoms with Crippen LogP contribution in [0.5, 0.6) is 0 Å². The fourth-order valence-electron chi connectivity index (χ4n) is 9.89. The van der Waals surface area contributed by atoms with E-state index in [9.17, 15) is 53.9 Å². The first kappa shape index (κ1) is 47.7. The maximum Gasteiger partial charge on any atom is 0.308 e.